The van der Waals surface area contributed by atoms with Gasteiger partial charge in [-0.05, 0) is 73.9 Å². The van der Waals surface area contributed by atoms with Gasteiger partial charge >= 0.3 is 5.97 Å². The number of halogens is 2. The van der Waals surface area contributed by atoms with Crippen LogP contribution in [0.25, 0.3) is 11.3 Å². The van der Waals surface area contributed by atoms with E-state index in [0.29, 0.717) is 11.3 Å². The van der Waals surface area contributed by atoms with Gasteiger partial charge in [0.05, 0.1) is 18.2 Å². The van der Waals surface area contributed by atoms with E-state index >= 15 is 0 Å². The Bertz CT molecular complexity index is 1480. The number of carboxylic acid groups (broad SMARTS) is 1. The first-order chi connectivity index (χ1) is 19.6. The van der Waals surface area contributed by atoms with Crippen molar-refractivity contribution in [2.75, 3.05) is 31.1 Å². The third-order valence-electron chi connectivity index (χ3n) is 8.72. The molecule has 0 spiro atoms. The normalized spacial score (nSPS) is 23.2. The summed E-state index contributed by atoms with van der Waals surface area (Å²) in [6.45, 7) is 5.15. The fourth-order valence-electron chi connectivity index (χ4n) is 6.52. The van der Waals surface area contributed by atoms with Gasteiger partial charge in [0.2, 0.25) is 0 Å². The van der Waals surface area contributed by atoms with Gasteiger partial charge in [-0.2, -0.15) is 0 Å². The SMILES string of the molecule is Cc1ccc(OCc2ccc(C(=O)N3CCC(F)(F)C3)cc2C)c(-c2csc(N3C[C@H]4CC[C@@H](C3)[C@H]4C(=O)O)n2)c1. The maximum absolute atomic E-state index is 13.6. The van der Waals surface area contributed by atoms with Gasteiger partial charge < -0.3 is 19.6 Å². The minimum Gasteiger partial charge on any atom is -0.488 e. The molecule has 0 unspecified atom stereocenters. The van der Waals surface area contributed by atoms with E-state index in [4.69, 9.17) is 9.72 Å². The first kappa shape index (κ1) is 27.6. The zero-order chi connectivity index (χ0) is 28.9. The van der Waals surface area contributed by atoms with E-state index in [1.54, 1.807) is 23.5 Å². The summed E-state index contributed by atoms with van der Waals surface area (Å²) in [6.07, 6.45) is 1.61. The molecule has 3 heterocycles. The molecular weight excluding hydrogens is 548 g/mol. The highest BCUT2D eigenvalue weighted by Gasteiger charge is 2.46. The first-order valence-electron chi connectivity index (χ1n) is 14.0. The minimum absolute atomic E-state index is 0.0616. The second-order valence-electron chi connectivity index (χ2n) is 11.6. The summed E-state index contributed by atoms with van der Waals surface area (Å²) in [5.74, 6) is -3.10. The molecule has 2 bridgehead atoms. The zero-order valence-corrected chi connectivity index (χ0v) is 23.9. The van der Waals surface area contributed by atoms with Gasteiger partial charge in [0, 0.05) is 42.6 Å². The van der Waals surface area contributed by atoms with Crippen LogP contribution in [0.3, 0.4) is 0 Å². The number of ether oxygens (including phenoxy) is 1. The number of likely N-dealkylation sites (tertiary alicyclic amines) is 1. The molecule has 7 nitrogen and oxygen atoms in total. The molecule has 1 N–H and O–H groups in total. The summed E-state index contributed by atoms with van der Waals surface area (Å²) < 4.78 is 33.5. The standard InChI is InChI=1S/C31H33F2N3O4S/c1-18-3-8-26(40-15-23-7-4-20(12-19(23)2)28(37)35-10-9-31(32,33)17-35)24(11-18)25-16-41-30(34-25)36-13-21-5-6-22(14-36)27(21)29(38)39/h3-4,7-8,11-12,16,21-22,27H,5-6,9-10,13-15,17H2,1-2H3,(H,38,39)/t21-,22+,27+. The van der Waals surface area contributed by atoms with Crippen LogP contribution in [0.15, 0.2) is 41.8 Å². The highest BCUT2D eigenvalue weighted by molar-refractivity contribution is 7.14. The molecule has 2 aromatic carbocycles. The van der Waals surface area contributed by atoms with Crippen molar-refractivity contribution in [3.05, 3.63) is 64.0 Å². The van der Waals surface area contributed by atoms with Crippen molar-refractivity contribution in [1.29, 1.82) is 0 Å². The van der Waals surface area contributed by atoms with Crippen molar-refractivity contribution in [2.24, 2.45) is 17.8 Å². The Kier molecular flexibility index (Phi) is 7.21. The number of thiazole rings is 1. The number of amides is 1. The number of alkyl halides is 2. The molecule has 1 saturated carbocycles. The van der Waals surface area contributed by atoms with Crippen molar-refractivity contribution >= 4 is 28.3 Å². The second-order valence-corrected chi connectivity index (χ2v) is 12.5. The monoisotopic (exact) mass is 581 g/mol. The Hall–Kier alpha value is -3.53. The number of hydrogen-bond acceptors (Lipinski definition) is 6. The predicted molar refractivity (Wildman–Crippen MR) is 153 cm³/mol. The number of carboxylic acids is 1. The van der Waals surface area contributed by atoms with E-state index in [0.717, 1.165) is 59.0 Å². The summed E-state index contributed by atoms with van der Waals surface area (Å²) in [7, 11) is 0. The van der Waals surface area contributed by atoms with Gasteiger partial charge in [0.15, 0.2) is 5.13 Å². The highest BCUT2D eigenvalue weighted by atomic mass is 32.1. The number of aromatic nitrogens is 1. The van der Waals surface area contributed by atoms with Crippen LogP contribution < -0.4 is 9.64 Å². The van der Waals surface area contributed by atoms with Gasteiger partial charge in [0.25, 0.3) is 11.8 Å². The quantitative estimate of drug-likeness (QED) is 0.367. The number of anilines is 1. The van der Waals surface area contributed by atoms with Crippen molar-refractivity contribution in [1.82, 2.24) is 9.88 Å². The predicted octanol–water partition coefficient (Wildman–Crippen LogP) is 6.03. The van der Waals surface area contributed by atoms with Crippen molar-refractivity contribution in [3.8, 4) is 17.0 Å². The molecule has 6 rings (SSSR count). The molecule has 3 aliphatic rings. The maximum atomic E-state index is 13.6. The van der Waals surface area contributed by atoms with Crippen LogP contribution in [-0.2, 0) is 11.4 Å². The molecule has 2 aliphatic heterocycles. The Morgan fingerprint density at radius 2 is 1.88 bits per heavy atom. The van der Waals surface area contributed by atoms with Crippen LogP contribution in [0.4, 0.5) is 13.9 Å². The maximum Gasteiger partial charge on any atom is 0.307 e. The molecule has 3 fully saturated rings. The number of hydrogen-bond donors (Lipinski definition) is 1. The first-order valence-corrected chi connectivity index (χ1v) is 14.9. The highest BCUT2D eigenvalue weighted by Crippen LogP contribution is 2.44. The van der Waals surface area contributed by atoms with E-state index in [-0.39, 0.29) is 43.2 Å². The molecule has 2 saturated heterocycles. The Balaban J connectivity index is 1.16. The number of nitrogens with zero attached hydrogens (tertiary/aromatic N) is 3. The van der Waals surface area contributed by atoms with Crippen LogP contribution in [0.2, 0.25) is 0 Å². The minimum atomic E-state index is -2.82. The summed E-state index contributed by atoms with van der Waals surface area (Å²) >= 11 is 1.57. The average molecular weight is 582 g/mol. The molecule has 41 heavy (non-hydrogen) atoms. The number of aliphatic carboxylic acids is 1. The molecule has 3 atom stereocenters. The molecule has 1 aliphatic carbocycles. The topological polar surface area (TPSA) is 83.0 Å². The molecule has 1 amide bonds. The van der Waals surface area contributed by atoms with E-state index < -0.39 is 18.4 Å². The van der Waals surface area contributed by atoms with Crippen LogP contribution >= 0.6 is 11.3 Å². The molecule has 1 aromatic heterocycles. The summed E-state index contributed by atoms with van der Waals surface area (Å²) in [6, 6.07) is 11.2. The number of piperidine rings is 1. The number of carbonyl (C=O) groups excluding carboxylic acids is 1. The van der Waals surface area contributed by atoms with Crippen LogP contribution in [0.1, 0.15) is 46.3 Å². The Morgan fingerprint density at radius 1 is 1.12 bits per heavy atom. The third kappa shape index (κ3) is 5.54. The van der Waals surface area contributed by atoms with E-state index in [2.05, 4.69) is 11.0 Å². The zero-order valence-electron chi connectivity index (χ0n) is 23.1. The van der Waals surface area contributed by atoms with Gasteiger partial charge in [-0.25, -0.2) is 13.8 Å². The third-order valence-corrected chi connectivity index (χ3v) is 9.62. The fraction of sp³-hybridized carbons (Fsp3) is 0.452. The number of carbonyl (C=O) groups is 2. The lowest BCUT2D eigenvalue weighted by Gasteiger charge is -2.35. The van der Waals surface area contributed by atoms with Gasteiger partial charge in [-0.3, -0.25) is 9.59 Å². The van der Waals surface area contributed by atoms with Gasteiger partial charge in [0.1, 0.15) is 12.4 Å². The van der Waals surface area contributed by atoms with Crippen LogP contribution in [-0.4, -0.2) is 59.0 Å². The van der Waals surface area contributed by atoms with Crippen molar-refractivity contribution in [2.45, 2.75) is 45.6 Å². The summed E-state index contributed by atoms with van der Waals surface area (Å²) in [5, 5.41) is 12.6. The van der Waals surface area contributed by atoms with E-state index in [1.165, 1.54) is 4.90 Å². The van der Waals surface area contributed by atoms with Gasteiger partial charge in [-0.1, -0.05) is 17.7 Å². The van der Waals surface area contributed by atoms with E-state index in [9.17, 15) is 23.5 Å². The Morgan fingerprint density at radius 3 is 2.54 bits per heavy atom. The number of benzene rings is 2. The lowest BCUT2D eigenvalue weighted by Crippen LogP contribution is -2.44. The molecule has 10 heteroatoms. The van der Waals surface area contributed by atoms with Crippen LogP contribution in [0.5, 0.6) is 5.75 Å². The van der Waals surface area contributed by atoms with Crippen LogP contribution in [0, 0.1) is 31.6 Å². The summed E-state index contributed by atoms with van der Waals surface area (Å²) in [5.41, 5.74) is 4.93. The summed E-state index contributed by atoms with van der Waals surface area (Å²) in [4.78, 5) is 32.9. The number of fused-ring (bicyclic) bond motifs is 2. The number of rotatable bonds is 7. The van der Waals surface area contributed by atoms with Crippen molar-refractivity contribution in [3.63, 3.8) is 0 Å². The molecule has 216 valence electrons. The van der Waals surface area contributed by atoms with Gasteiger partial charge in [-0.15, -0.1) is 11.3 Å². The second kappa shape index (κ2) is 10.7. The molecule has 0 radical (unpaired) electrons. The lowest BCUT2D eigenvalue weighted by atomic mass is 9.85. The Labute approximate surface area is 241 Å². The smallest absolute Gasteiger partial charge is 0.307 e. The lowest BCUT2D eigenvalue weighted by molar-refractivity contribution is -0.144. The average Bonchev–Trinajstić information content (AvgIpc) is 3.64. The van der Waals surface area contributed by atoms with Crippen molar-refractivity contribution < 1.29 is 28.2 Å². The fourth-order valence-corrected chi connectivity index (χ4v) is 7.37. The number of aryl methyl sites for hydroxylation is 2. The molecule has 3 aromatic rings. The van der Waals surface area contributed by atoms with E-state index in [1.807, 2.05) is 37.4 Å². The largest absolute Gasteiger partial charge is 0.488 e. The molecular formula is C31H33F2N3O4S.